The average Bonchev–Trinajstić information content (AvgIpc) is 3.46. The molecular formula is C39H23N3O. The number of aromatic nitrogens is 3. The van der Waals surface area contributed by atoms with E-state index < -0.39 is 0 Å². The van der Waals surface area contributed by atoms with Gasteiger partial charge in [-0.1, -0.05) is 109 Å². The molecular weight excluding hydrogens is 526 g/mol. The minimum atomic E-state index is 0.639. The lowest BCUT2D eigenvalue weighted by Crippen LogP contribution is -2.00. The van der Waals surface area contributed by atoms with Crippen LogP contribution in [0.2, 0.25) is 0 Å². The summed E-state index contributed by atoms with van der Waals surface area (Å²) in [5.74, 6) is 1.94. The molecule has 0 aliphatic heterocycles. The topological polar surface area (TPSA) is 51.8 Å². The zero-order chi connectivity index (χ0) is 28.3. The highest BCUT2D eigenvalue weighted by molar-refractivity contribution is 6.19. The molecule has 0 amide bonds. The predicted molar refractivity (Wildman–Crippen MR) is 176 cm³/mol. The highest BCUT2D eigenvalue weighted by Crippen LogP contribution is 2.36. The Morgan fingerprint density at radius 2 is 0.837 bits per heavy atom. The Labute approximate surface area is 246 Å². The first-order valence-corrected chi connectivity index (χ1v) is 14.4. The highest BCUT2D eigenvalue weighted by Gasteiger charge is 2.15. The van der Waals surface area contributed by atoms with Gasteiger partial charge in [0.05, 0.1) is 0 Å². The summed E-state index contributed by atoms with van der Waals surface area (Å²) >= 11 is 0. The molecule has 0 aliphatic carbocycles. The summed E-state index contributed by atoms with van der Waals surface area (Å²) < 4.78 is 6.13. The Morgan fingerprint density at radius 1 is 0.349 bits per heavy atom. The second kappa shape index (κ2) is 9.33. The van der Waals surface area contributed by atoms with Crippen LogP contribution in [0.25, 0.3) is 88.4 Å². The van der Waals surface area contributed by atoms with E-state index >= 15 is 0 Å². The van der Waals surface area contributed by atoms with Crippen molar-refractivity contribution in [3.63, 3.8) is 0 Å². The van der Waals surface area contributed by atoms with Gasteiger partial charge in [0.25, 0.3) is 0 Å². The third-order valence-electron chi connectivity index (χ3n) is 8.27. The maximum atomic E-state index is 6.13. The summed E-state index contributed by atoms with van der Waals surface area (Å²) in [6, 6.07) is 48.2. The monoisotopic (exact) mass is 549 g/mol. The smallest absolute Gasteiger partial charge is 0.164 e. The zero-order valence-corrected chi connectivity index (χ0v) is 23.0. The van der Waals surface area contributed by atoms with Crippen molar-refractivity contribution >= 4 is 54.3 Å². The molecule has 0 fully saturated rings. The molecule has 0 saturated heterocycles. The Balaban J connectivity index is 1.25. The Bertz CT molecular complexity index is 2430. The van der Waals surface area contributed by atoms with Crippen LogP contribution in [-0.2, 0) is 0 Å². The van der Waals surface area contributed by atoms with Gasteiger partial charge in [-0.3, -0.25) is 0 Å². The SMILES string of the molecule is c1ccc2cc(-c3nc(-c4ccc5ccccc5c4)nc(-c4ccc5c(ccc6oc7ccccc7c65)c4)n3)ccc2c1. The van der Waals surface area contributed by atoms with E-state index in [0.29, 0.717) is 17.5 Å². The average molecular weight is 550 g/mol. The van der Waals surface area contributed by atoms with Crippen LogP contribution in [0.5, 0.6) is 0 Å². The van der Waals surface area contributed by atoms with Gasteiger partial charge in [0, 0.05) is 27.5 Å². The van der Waals surface area contributed by atoms with Crippen LogP contribution in [0.4, 0.5) is 0 Å². The van der Waals surface area contributed by atoms with Gasteiger partial charge >= 0.3 is 0 Å². The van der Waals surface area contributed by atoms with Crippen molar-refractivity contribution in [1.82, 2.24) is 15.0 Å². The normalized spacial score (nSPS) is 11.7. The van der Waals surface area contributed by atoms with Gasteiger partial charge in [-0.15, -0.1) is 0 Å². The Morgan fingerprint density at radius 3 is 1.47 bits per heavy atom. The fourth-order valence-electron chi connectivity index (χ4n) is 6.11. The lowest BCUT2D eigenvalue weighted by atomic mass is 10.0. The summed E-state index contributed by atoms with van der Waals surface area (Å²) in [5, 5.41) is 9.16. The van der Waals surface area contributed by atoms with E-state index in [4.69, 9.17) is 19.4 Å². The van der Waals surface area contributed by atoms with E-state index in [1.165, 1.54) is 10.8 Å². The summed E-state index contributed by atoms with van der Waals surface area (Å²) in [7, 11) is 0. The first-order valence-electron chi connectivity index (χ1n) is 14.4. The number of para-hydroxylation sites is 1. The van der Waals surface area contributed by atoms with Gasteiger partial charge < -0.3 is 4.42 Å². The van der Waals surface area contributed by atoms with Crippen LogP contribution in [0.3, 0.4) is 0 Å². The third-order valence-corrected chi connectivity index (χ3v) is 8.27. The lowest BCUT2D eigenvalue weighted by Gasteiger charge is -2.10. The maximum absolute atomic E-state index is 6.13. The third kappa shape index (κ3) is 3.96. The molecule has 2 aromatic heterocycles. The fraction of sp³-hybridized carbons (Fsp3) is 0. The van der Waals surface area contributed by atoms with Gasteiger partial charge in [-0.05, 0) is 62.6 Å². The second-order valence-electron chi connectivity index (χ2n) is 10.9. The number of hydrogen-bond donors (Lipinski definition) is 0. The largest absolute Gasteiger partial charge is 0.456 e. The first kappa shape index (κ1) is 23.8. The molecule has 0 radical (unpaired) electrons. The van der Waals surface area contributed by atoms with Crippen molar-refractivity contribution in [3.8, 4) is 34.2 Å². The summed E-state index contributed by atoms with van der Waals surface area (Å²) in [4.78, 5) is 15.1. The van der Waals surface area contributed by atoms with Crippen molar-refractivity contribution in [2.24, 2.45) is 0 Å². The summed E-state index contributed by atoms with van der Waals surface area (Å²) in [6.07, 6.45) is 0. The quantitative estimate of drug-likeness (QED) is 0.220. The predicted octanol–water partition coefficient (Wildman–Crippen LogP) is 10.2. The van der Waals surface area contributed by atoms with Gasteiger partial charge in [0.2, 0.25) is 0 Å². The molecule has 2 heterocycles. The first-order chi connectivity index (χ1) is 21.3. The van der Waals surface area contributed by atoms with Crippen molar-refractivity contribution in [1.29, 1.82) is 0 Å². The Kier molecular flexibility index (Phi) is 5.16. The molecule has 0 spiro atoms. The summed E-state index contributed by atoms with van der Waals surface area (Å²) in [5.41, 5.74) is 4.63. The van der Waals surface area contributed by atoms with Crippen molar-refractivity contribution < 1.29 is 4.42 Å². The molecule has 4 heteroatoms. The number of furan rings is 1. The van der Waals surface area contributed by atoms with Crippen molar-refractivity contribution in [3.05, 3.63) is 140 Å². The zero-order valence-electron chi connectivity index (χ0n) is 23.0. The molecule has 7 aromatic carbocycles. The molecule has 9 aromatic rings. The maximum Gasteiger partial charge on any atom is 0.164 e. The van der Waals surface area contributed by atoms with E-state index in [2.05, 4.69) is 127 Å². The van der Waals surface area contributed by atoms with E-state index in [-0.39, 0.29) is 0 Å². The molecule has 0 aliphatic rings. The minimum Gasteiger partial charge on any atom is -0.456 e. The lowest BCUT2D eigenvalue weighted by molar-refractivity contribution is 0.669. The number of hydrogen-bond acceptors (Lipinski definition) is 4. The number of fused-ring (bicyclic) bond motifs is 7. The van der Waals surface area contributed by atoms with E-state index in [9.17, 15) is 0 Å². The van der Waals surface area contributed by atoms with Gasteiger partial charge in [0.15, 0.2) is 17.5 Å². The van der Waals surface area contributed by atoms with Crippen molar-refractivity contribution in [2.45, 2.75) is 0 Å². The molecule has 4 nitrogen and oxygen atoms in total. The van der Waals surface area contributed by atoms with Crippen LogP contribution < -0.4 is 0 Å². The van der Waals surface area contributed by atoms with E-state index in [1.54, 1.807) is 0 Å². The molecule has 0 N–H and O–H groups in total. The number of benzene rings is 7. The molecule has 0 saturated carbocycles. The summed E-state index contributed by atoms with van der Waals surface area (Å²) in [6.45, 7) is 0. The Hall–Kier alpha value is -5.87. The second-order valence-corrected chi connectivity index (χ2v) is 10.9. The fourth-order valence-corrected chi connectivity index (χ4v) is 6.11. The number of nitrogens with zero attached hydrogens (tertiary/aromatic N) is 3. The van der Waals surface area contributed by atoms with Crippen LogP contribution in [0, 0.1) is 0 Å². The van der Waals surface area contributed by atoms with E-state index in [0.717, 1.165) is 60.2 Å². The molecule has 200 valence electrons. The highest BCUT2D eigenvalue weighted by atomic mass is 16.3. The van der Waals surface area contributed by atoms with E-state index in [1.807, 2.05) is 12.1 Å². The number of rotatable bonds is 3. The molecule has 0 bridgehead atoms. The van der Waals surface area contributed by atoms with Crippen LogP contribution in [0.1, 0.15) is 0 Å². The standard InChI is InChI=1S/C39H23N3O/c1-3-9-26-21-29(15-13-24(26)7-1)37-40-38(30-16-14-25-8-2-4-10-27(25)22-30)42-39(41-37)31-17-19-32-28(23-31)18-20-35-36(32)33-11-5-6-12-34(33)43-35/h1-23H. The minimum absolute atomic E-state index is 0.639. The molecule has 43 heavy (non-hydrogen) atoms. The van der Waals surface area contributed by atoms with Gasteiger partial charge in [-0.2, -0.15) is 0 Å². The molecule has 0 atom stereocenters. The van der Waals surface area contributed by atoms with Crippen LogP contribution in [-0.4, -0.2) is 15.0 Å². The van der Waals surface area contributed by atoms with Crippen molar-refractivity contribution in [2.75, 3.05) is 0 Å². The van der Waals surface area contributed by atoms with Crippen LogP contribution >= 0.6 is 0 Å². The molecule has 0 unspecified atom stereocenters. The molecule has 9 rings (SSSR count). The van der Waals surface area contributed by atoms with Gasteiger partial charge in [0.1, 0.15) is 11.2 Å². The van der Waals surface area contributed by atoms with Gasteiger partial charge in [-0.25, -0.2) is 15.0 Å². The van der Waals surface area contributed by atoms with Crippen LogP contribution in [0.15, 0.2) is 144 Å².